The van der Waals surface area contributed by atoms with E-state index in [1.165, 1.54) is 0 Å². The molecule has 0 bridgehead atoms. The van der Waals surface area contributed by atoms with Crippen LogP contribution in [0, 0.1) is 6.92 Å². The lowest BCUT2D eigenvalue weighted by atomic mass is 9.94. The number of carbonyl (C=O) groups is 1. The van der Waals surface area contributed by atoms with Gasteiger partial charge in [-0.3, -0.25) is 9.59 Å². The Labute approximate surface area is 175 Å². The Bertz CT molecular complexity index is 1220. The number of nitrogens with one attached hydrogen (secondary N) is 2. The highest BCUT2D eigenvalue weighted by Crippen LogP contribution is 2.38. The number of aryl methyl sites for hydroxylation is 1. The molecule has 2 aromatic heterocycles. The van der Waals surface area contributed by atoms with Gasteiger partial charge in [0.15, 0.2) is 5.78 Å². The largest absolute Gasteiger partial charge is 0.388 e. The molecule has 2 aliphatic carbocycles. The number of benzene rings is 1. The number of pyridine rings is 2. The van der Waals surface area contributed by atoms with E-state index in [2.05, 4.69) is 21.7 Å². The third-order valence-corrected chi connectivity index (χ3v) is 6.02. The van der Waals surface area contributed by atoms with Gasteiger partial charge in [-0.25, -0.2) is 4.98 Å². The van der Waals surface area contributed by atoms with Crippen LogP contribution < -0.4 is 16.2 Å². The van der Waals surface area contributed by atoms with Crippen molar-refractivity contribution in [2.45, 2.75) is 38.6 Å². The van der Waals surface area contributed by atoms with Crippen molar-refractivity contribution in [1.29, 1.82) is 0 Å². The number of hydrogen-bond acceptors (Lipinski definition) is 5. The minimum Gasteiger partial charge on any atom is -0.388 e. The molecule has 2 aliphatic rings. The zero-order chi connectivity index (χ0) is 20.8. The van der Waals surface area contributed by atoms with Crippen molar-refractivity contribution in [2.24, 2.45) is 0 Å². The molecule has 2 N–H and O–H groups in total. The predicted molar refractivity (Wildman–Crippen MR) is 119 cm³/mol. The number of rotatable bonds is 5. The van der Waals surface area contributed by atoms with E-state index in [-0.39, 0.29) is 11.3 Å². The first-order valence-electron chi connectivity index (χ1n) is 10.4. The summed E-state index contributed by atoms with van der Waals surface area (Å²) in [6.07, 6.45) is 7.18. The van der Waals surface area contributed by atoms with Crippen molar-refractivity contribution < 1.29 is 4.79 Å². The van der Waals surface area contributed by atoms with E-state index in [0.29, 0.717) is 18.3 Å². The molecule has 0 radical (unpaired) electrons. The van der Waals surface area contributed by atoms with Crippen molar-refractivity contribution in [1.82, 2.24) is 9.55 Å². The molecule has 0 amide bonds. The van der Waals surface area contributed by atoms with Crippen molar-refractivity contribution in [3.05, 3.63) is 69.8 Å². The molecule has 1 aromatic carbocycles. The minimum atomic E-state index is 0.0145. The molecule has 0 aliphatic heterocycles. The summed E-state index contributed by atoms with van der Waals surface area (Å²) in [5.41, 5.74) is 6.71. The lowest BCUT2D eigenvalue weighted by Gasteiger charge is -2.15. The second kappa shape index (κ2) is 7.13. The molecular weight excluding hydrogens is 376 g/mol. The van der Waals surface area contributed by atoms with Gasteiger partial charge in [-0.05, 0) is 61.1 Å². The zero-order valence-electron chi connectivity index (χ0n) is 17.2. The monoisotopic (exact) mass is 400 g/mol. The maximum Gasteiger partial charge on any atom is 0.252 e. The van der Waals surface area contributed by atoms with Crippen molar-refractivity contribution in [3.8, 4) is 11.1 Å². The van der Waals surface area contributed by atoms with E-state index < -0.39 is 0 Å². The van der Waals surface area contributed by atoms with Gasteiger partial charge in [0.05, 0.1) is 0 Å². The first-order chi connectivity index (χ1) is 14.5. The van der Waals surface area contributed by atoms with Crippen LogP contribution in [-0.4, -0.2) is 22.4 Å². The van der Waals surface area contributed by atoms with Crippen molar-refractivity contribution in [3.63, 3.8) is 0 Å². The van der Waals surface area contributed by atoms with Crippen LogP contribution in [0.3, 0.4) is 0 Å². The smallest absolute Gasteiger partial charge is 0.252 e. The van der Waals surface area contributed by atoms with E-state index in [9.17, 15) is 9.59 Å². The Balaban J connectivity index is 1.45. The predicted octanol–water partition coefficient (Wildman–Crippen LogP) is 4.47. The molecule has 0 saturated heterocycles. The second-order valence-corrected chi connectivity index (χ2v) is 8.09. The fourth-order valence-corrected chi connectivity index (χ4v) is 4.33. The summed E-state index contributed by atoms with van der Waals surface area (Å²) in [5.74, 6) is 0.889. The van der Waals surface area contributed by atoms with Gasteiger partial charge in [0.25, 0.3) is 5.56 Å². The number of ketones is 1. The first-order valence-corrected chi connectivity index (χ1v) is 10.4. The van der Waals surface area contributed by atoms with E-state index in [0.717, 1.165) is 58.5 Å². The maximum absolute atomic E-state index is 12.4. The number of carbonyl (C=O) groups excluding carboxylic acids is 1. The summed E-state index contributed by atoms with van der Waals surface area (Å²) in [4.78, 5) is 29.2. The van der Waals surface area contributed by atoms with Crippen LogP contribution >= 0.6 is 0 Å². The summed E-state index contributed by atoms with van der Waals surface area (Å²) in [6.45, 7) is 2.04. The van der Waals surface area contributed by atoms with Crippen LogP contribution in [0.2, 0.25) is 0 Å². The van der Waals surface area contributed by atoms with Crippen LogP contribution in [0.15, 0.2) is 47.5 Å². The van der Waals surface area contributed by atoms with Gasteiger partial charge in [-0.1, -0.05) is 6.07 Å². The Morgan fingerprint density at radius 2 is 1.90 bits per heavy atom. The van der Waals surface area contributed by atoms with Gasteiger partial charge in [-0.15, -0.1) is 0 Å². The van der Waals surface area contributed by atoms with Crippen LogP contribution in [0.4, 0.5) is 17.2 Å². The summed E-state index contributed by atoms with van der Waals surface area (Å²) in [6, 6.07) is 9.93. The van der Waals surface area contributed by atoms with Gasteiger partial charge >= 0.3 is 0 Å². The van der Waals surface area contributed by atoms with E-state index in [4.69, 9.17) is 0 Å². The fraction of sp³-hybridized carbons (Fsp3) is 0.292. The minimum absolute atomic E-state index is 0.0145. The van der Waals surface area contributed by atoms with Crippen molar-refractivity contribution in [2.75, 3.05) is 17.7 Å². The van der Waals surface area contributed by atoms with Gasteiger partial charge < -0.3 is 15.2 Å². The van der Waals surface area contributed by atoms with E-state index >= 15 is 0 Å². The molecule has 6 nitrogen and oxygen atoms in total. The summed E-state index contributed by atoms with van der Waals surface area (Å²) < 4.78 is 1.80. The van der Waals surface area contributed by atoms with Gasteiger partial charge in [0.2, 0.25) is 0 Å². The fourth-order valence-electron chi connectivity index (χ4n) is 4.33. The van der Waals surface area contributed by atoms with E-state index in [1.807, 2.05) is 44.6 Å². The number of nitrogens with zero attached hydrogens (tertiary/aromatic N) is 2. The number of aromatic nitrogens is 2. The average molecular weight is 400 g/mol. The highest BCUT2D eigenvalue weighted by molar-refractivity contribution is 6.07. The summed E-state index contributed by atoms with van der Waals surface area (Å²) in [7, 11) is 1.84. The van der Waals surface area contributed by atoms with Gasteiger partial charge in [0, 0.05) is 60.5 Å². The summed E-state index contributed by atoms with van der Waals surface area (Å²) in [5, 5.41) is 6.37. The molecule has 2 heterocycles. The molecule has 3 aromatic rings. The van der Waals surface area contributed by atoms with E-state index in [1.54, 1.807) is 10.6 Å². The van der Waals surface area contributed by atoms with Crippen molar-refractivity contribution >= 4 is 23.0 Å². The molecule has 0 spiro atoms. The van der Waals surface area contributed by atoms with Crippen LogP contribution in [-0.2, 0) is 6.42 Å². The number of hydrogen-bond donors (Lipinski definition) is 2. The molecule has 0 unspecified atom stereocenters. The van der Waals surface area contributed by atoms with Gasteiger partial charge in [-0.2, -0.15) is 0 Å². The SMILES string of the molecule is CNc1ccc(-c2cnc(Nc3ccn(C4CC4)c(=O)c3)cc2C)c2c1C(=O)CC2. The molecule has 1 fully saturated rings. The van der Waals surface area contributed by atoms with Gasteiger partial charge in [0.1, 0.15) is 5.82 Å². The highest BCUT2D eigenvalue weighted by Gasteiger charge is 2.26. The number of anilines is 3. The number of fused-ring (bicyclic) bond motifs is 1. The average Bonchev–Trinajstić information content (AvgIpc) is 3.50. The Hall–Kier alpha value is -3.41. The zero-order valence-corrected chi connectivity index (χ0v) is 17.2. The Morgan fingerprint density at radius 3 is 2.60 bits per heavy atom. The normalized spacial score (nSPS) is 15.2. The van der Waals surface area contributed by atoms with Crippen LogP contribution in [0.25, 0.3) is 11.1 Å². The maximum atomic E-state index is 12.4. The molecular formula is C24H24N4O2. The quantitative estimate of drug-likeness (QED) is 0.661. The topological polar surface area (TPSA) is 76.0 Å². The first kappa shape index (κ1) is 18.6. The Morgan fingerprint density at radius 1 is 1.07 bits per heavy atom. The standard InChI is InChI=1S/C24H24N4O2/c1-14-11-22(27-15-9-10-28(16-3-4-16)23(30)12-15)26-13-19(14)17-5-7-20(25-2)24-18(17)6-8-21(24)29/h5,7,9-13,16,25H,3-4,6,8H2,1-2H3,(H,26,27). The lowest BCUT2D eigenvalue weighted by molar-refractivity contribution is 0.0995. The second-order valence-electron chi connectivity index (χ2n) is 8.09. The molecule has 1 saturated carbocycles. The molecule has 30 heavy (non-hydrogen) atoms. The third kappa shape index (κ3) is 3.18. The molecule has 152 valence electrons. The van der Waals surface area contributed by atoms with Crippen LogP contribution in [0.5, 0.6) is 0 Å². The summed E-state index contributed by atoms with van der Waals surface area (Å²) >= 11 is 0. The lowest BCUT2D eigenvalue weighted by Crippen LogP contribution is -2.17. The number of Topliss-reactive ketones (excluding diaryl/α,β-unsaturated/α-hetero) is 1. The van der Waals surface area contributed by atoms with Crippen LogP contribution in [0.1, 0.15) is 46.8 Å². The molecule has 5 rings (SSSR count). The Kier molecular flexibility index (Phi) is 4.42. The highest BCUT2D eigenvalue weighted by atomic mass is 16.1. The molecule has 6 heteroatoms. The third-order valence-electron chi connectivity index (χ3n) is 6.02. The molecule has 0 atom stereocenters.